The highest BCUT2D eigenvalue weighted by atomic mass is 16.5. The van der Waals surface area contributed by atoms with Crippen LogP contribution in [0.1, 0.15) is 22.7 Å². The summed E-state index contributed by atoms with van der Waals surface area (Å²) in [4.78, 5) is 15.2. The number of benzene rings is 3. The van der Waals surface area contributed by atoms with Crippen LogP contribution in [0.25, 0.3) is 0 Å². The van der Waals surface area contributed by atoms with Crippen LogP contribution in [0.4, 0.5) is 11.4 Å². The number of nitrogens with zero attached hydrogens (tertiary/aromatic N) is 1. The Balaban J connectivity index is 1.76. The van der Waals surface area contributed by atoms with Crippen LogP contribution >= 0.6 is 0 Å². The van der Waals surface area contributed by atoms with E-state index >= 15 is 0 Å². The zero-order chi connectivity index (χ0) is 20.4. The molecule has 0 aromatic heterocycles. The second-order valence-electron chi connectivity index (χ2n) is 7.27. The average Bonchev–Trinajstić information content (AvgIpc) is 3.06. The Morgan fingerprint density at radius 3 is 2.14 bits per heavy atom. The van der Waals surface area contributed by atoms with Gasteiger partial charge in [-0.25, -0.2) is 0 Å². The summed E-state index contributed by atoms with van der Waals surface area (Å²) in [7, 11) is 1.65. The van der Waals surface area contributed by atoms with Gasteiger partial charge in [-0.3, -0.25) is 9.69 Å². The van der Waals surface area contributed by atoms with Crippen LogP contribution < -0.4 is 15.0 Å². The third-order valence-corrected chi connectivity index (χ3v) is 5.15. The number of nitrogens with one attached hydrogen (secondary N) is 1. The van der Waals surface area contributed by atoms with Gasteiger partial charge in [-0.15, -0.1) is 0 Å². The van der Waals surface area contributed by atoms with Gasteiger partial charge < -0.3 is 10.1 Å². The molecule has 0 fully saturated rings. The number of aryl methyl sites for hydroxylation is 2. The first-order valence-electron chi connectivity index (χ1n) is 9.65. The summed E-state index contributed by atoms with van der Waals surface area (Å²) < 4.78 is 5.58. The zero-order valence-corrected chi connectivity index (χ0v) is 16.8. The molecule has 0 spiro atoms. The van der Waals surface area contributed by atoms with Crippen molar-refractivity contribution in [3.8, 4) is 5.75 Å². The molecule has 1 heterocycles. The van der Waals surface area contributed by atoms with Gasteiger partial charge in [-0.05, 0) is 50.3 Å². The van der Waals surface area contributed by atoms with Crippen molar-refractivity contribution >= 4 is 17.3 Å². The minimum Gasteiger partial charge on any atom is -0.496 e. The number of hydrogen-bond donors (Lipinski definition) is 1. The van der Waals surface area contributed by atoms with Gasteiger partial charge >= 0.3 is 0 Å². The van der Waals surface area contributed by atoms with E-state index in [0.717, 1.165) is 28.3 Å². The predicted molar refractivity (Wildman–Crippen MR) is 117 cm³/mol. The van der Waals surface area contributed by atoms with Crippen LogP contribution in [-0.4, -0.2) is 13.0 Å². The number of para-hydroxylation sites is 1. The van der Waals surface area contributed by atoms with E-state index in [4.69, 9.17) is 4.74 Å². The summed E-state index contributed by atoms with van der Waals surface area (Å²) in [6.07, 6.45) is 1.97. The van der Waals surface area contributed by atoms with Gasteiger partial charge in [0.05, 0.1) is 13.2 Å². The standard InChI is InChI=1S/C25H24N2O2/c1-17-8-12-19(13-9-17)26-22-16-23(21-6-4-5-7-24(21)29-3)27(25(22)28)20-14-10-18(2)11-15-20/h4-16,23,26H,1-3H3/t23-/m0/s1. The van der Waals surface area contributed by atoms with Crippen molar-refractivity contribution in [2.24, 2.45) is 0 Å². The Morgan fingerprint density at radius 2 is 1.48 bits per heavy atom. The van der Waals surface area contributed by atoms with Gasteiger partial charge in [0.1, 0.15) is 11.4 Å². The molecule has 1 aliphatic rings. The van der Waals surface area contributed by atoms with Crippen molar-refractivity contribution in [2.45, 2.75) is 19.9 Å². The number of ether oxygens (including phenoxy) is 1. The van der Waals surface area contributed by atoms with Crippen molar-refractivity contribution in [3.63, 3.8) is 0 Å². The van der Waals surface area contributed by atoms with Crippen LogP contribution in [0.5, 0.6) is 5.75 Å². The lowest BCUT2D eigenvalue weighted by atomic mass is 10.0. The molecule has 0 aliphatic carbocycles. The molecule has 4 heteroatoms. The maximum absolute atomic E-state index is 13.4. The minimum absolute atomic E-state index is 0.0645. The maximum atomic E-state index is 13.4. The van der Waals surface area contributed by atoms with Crippen LogP contribution in [0, 0.1) is 13.8 Å². The molecular weight excluding hydrogens is 360 g/mol. The molecule has 0 bridgehead atoms. The fourth-order valence-corrected chi connectivity index (χ4v) is 3.57. The number of amides is 1. The van der Waals surface area contributed by atoms with Gasteiger partial charge in [0, 0.05) is 16.9 Å². The fourth-order valence-electron chi connectivity index (χ4n) is 3.57. The summed E-state index contributed by atoms with van der Waals surface area (Å²) >= 11 is 0. The van der Waals surface area contributed by atoms with Gasteiger partial charge in [-0.1, -0.05) is 53.6 Å². The molecule has 3 aromatic rings. The number of carbonyl (C=O) groups excluding carboxylic acids is 1. The number of anilines is 2. The summed E-state index contributed by atoms with van der Waals surface area (Å²) in [5.74, 6) is 0.695. The molecule has 0 saturated carbocycles. The molecule has 1 amide bonds. The fraction of sp³-hybridized carbons (Fsp3) is 0.160. The van der Waals surface area contributed by atoms with E-state index in [1.54, 1.807) is 7.11 Å². The van der Waals surface area contributed by atoms with Gasteiger partial charge in [0.25, 0.3) is 5.91 Å². The number of hydrogen-bond acceptors (Lipinski definition) is 3. The second kappa shape index (κ2) is 7.84. The summed E-state index contributed by atoms with van der Waals surface area (Å²) in [6, 6.07) is 23.6. The maximum Gasteiger partial charge on any atom is 0.275 e. The highest BCUT2D eigenvalue weighted by Crippen LogP contribution is 2.39. The van der Waals surface area contributed by atoms with E-state index in [1.807, 2.05) is 97.6 Å². The Hall–Kier alpha value is -3.53. The predicted octanol–water partition coefficient (Wildman–Crippen LogP) is 5.40. The average molecular weight is 384 g/mol. The minimum atomic E-state index is -0.255. The van der Waals surface area contributed by atoms with Crippen molar-refractivity contribution in [1.82, 2.24) is 0 Å². The molecule has 146 valence electrons. The van der Waals surface area contributed by atoms with E-state index in [2.05, 4.69) is 5.32 Å². The Labute approximate surface area is 171 Å². The molecule has 3 aromatic carbocycles. The molecule has 0 radical (unpaired) electrons. The lowest BCUT2D eigenvalue weighted by Gasteiger charge is -2.26. The third-order valence-electron chi connectivity index (χ3n) is 5.15. The molecule has 4 rings (SSSR count). The van der Waals surface area contributed by atoms with Crippen LogP contribution in [0.2, 0.25) is 0 Å². The molecular formula is C25H24N2O2. The van der Waals surface area contributed by atoms with E-state index in [0.29, 0.717) is 5.70 Å². The number of rotatable bonds is 5. The Kier molecular flexibility index (Phi) is 5.09. The van der Waals surface area contributed by atoms with E-state index < -0.39 is 0 Å². The summed E-state index contributed by atoms with van der Waals surface area (Å²) in [5.41, 5.74) is 5.58. The topological polar surface area (TPSA) is 41.6 Å². The summed E-state index contributed by atoms with van der Waals surface area (Å²) in [6.45, 7) is 4.08. The number of methoxy groups -OCH3 is 1. The molecule has 1 aliphatic heterocycles. The second-order valence-corrected chi connectivity index (χ2v) is 7.27. The normalized spacial score (nSPS) is 16.0. The quantitative estimate of drug-likeness (QED) is 0.641. The van der Waals surface area contributed by atoms with Crippen LogP contribution in [0.15, 0.2) is 84.6 Å². The first-order chi connectivity index (χ1) is 14.1. The molecule has 4 nitrogen and oxygen atoms in total. The smallest absolute Gasteiger partial charge is 0.275 e. The van der Waals surface area contributed by atoms with Crippen molar-refractivity contribution in [3.05, 3.63) is 101 Å². The zero-order valence-electron chi connectivity index (χ0n) is 16.8. The Bertz CT molecular complexity index is 1050. The molecule has 1 N–H and O–H groups in total. The lowest BCUT2D eigenvalue weighted by Crippen LogP contribution is -2.31. The first kappa shape index (κ1) is 18.8. The van der Waals surface area contributed by atoms with Crippen molar-refractivity contribution in [1.29, 1.82) is 0 Å². The Morgan fingerprint density at radius 1 is 0.862 bits per heavy atom. The summed E-state index contributed by atoms with van der Waals surface area (Å²) in [5, 5.41) is 3.30. The SMILES string of the molecule is COc1ccccc1[C@@H]1C=C(Nc2ccc(C)cc2)C(=O)N1c1ccc(C)cc1. The van der Waals surface area contributed by atoms with E-state index in [1.165, 1.54) is 5.56 Å². The molecule has 0 saturated heterocycles. The van der Waals surface area contributed by atoms with E-state index in [9.17, 15) is 4.79 Å². The molecule has 29 heavy (non-hydrogen) atoms. The first-order valence-corrected chi connectivity index (χ1v) is 9.65. The van der Waals surface area contributed by atoms with Crippen LogP contribution in [0.3, 0.4) is 0 Å². The highest BCUT2D eigenvalue weighted by molar-refractivity contribution is 6.11. The van der Waals surface area contributed by atoms with Crippen molar-refractivity contribution in [2.75, 3.05) is 17.3 Å². The van der Waals surface area contributed by atoms with Crippen LogP contribution in [-0.2, 0) is 4.79 Å². The lowest BCUT2D eigenvalue weighted by molar-refractivity contribution is -0.114. The largest absolute Gasteiger partial charge is 0.496 e. The van der Waals surface area contributed by atoms with E-state index in [-0.39, 0.29) is 11.9 Å². The highest BCUT2D eigenvalue weighted by Gasteiger charge is 2.36. The number of carbonyl (C=O) groups is 1. The van der Waals surface area contributed by atoms with Gasteiger partial charge in [0.15, 0.2) is 0 Å². The monoisotopic (exact) mass is 384 g/mol. The van der Waals surface area contributed by atoms with Gasteiger partial charge in [-0.2, -0.15) is 0 Å². The third kappa shape index (κ3) is 3.74. The van der Waals surface area contributed by atoms with Gasteiger partial charge in [0.2, 0.25) is 0 Å². The molecule has 0 unspecified atom stereocenters. The molecule has 1 atom stereocenters. The van der Waals surface area contributed by atoms with Crippen molar-refractivity contribution < 1.29 is 9.53 Å².